The highest BCUT2D eigenvalue weighted by atomic mass is 16.2. The summed E-state index contributed by atoms with van der Waals surface area (Å²) in [7, 11) is 0. The summed E-state index contributed by atoms with van der Waals surface area (Å²) in [5, 5.41) is 2.95. The molecule has 0 saturated heterocycles. The zero-order valence-corrected chi connectivity index (χ0v) is 17.0. The Morgan fingerprint density at radius 1 is 0.871 bits per heavy atom. The normalized spacial score (nSPS) is 12.8. The van der Waals surface area contributed by atoms with Gasteiger partial charge in [0, 0.05) is 23.2 Å². The molecule has 154 valence electrons. The van der Waals surface area contributed by atoms with Gasteiger partial charge in [-0.05, 0) is 41.3 Å². The van der Waals surface area contributed by atoms with Crippen molar-refractivity contribution in [3.63, 3.8) is 0 Å². The van der Waals surface area contributed by atoms with Crippen LogP contribution in [-0.2, 0) is 6.42 Å². The number of benzene rings is 3. The van der Waals surface area contributed by atoms with Crippen molar-refractivity contribution in [1.29, 1.82) is 0 Å². The molecule has 0 bridgehead atoms. The van der Waals surface area contributed by atoms with Crippen molar-refractivity contribution in [1.82, 2.24) is 5.32 Å². The van der Waals surface area contributed by atoms with Gasteiger partial charge in [0.05, 0.1) is 12.3 Å². The van der Waals surface area contributed by atoms with E-state index in [1.165, 1.54) is 0 Å². The van der Waals surface area contributed by atoms with E-state index in [2.05, 4.69) is 22.4 Å². The lowest BCUT2D eigenvalue weighted by molar-refractivity contribution is 0.0953. The molecule has 3 aromatic rings. The molecular formula is C26H23N3O2. The van der Waals surface area contributed by atoms with E-state index in [1.807, 2.05) is 54.6 Å². The average molecular weight is 409 g/mol. The van der Waals surface area contributed by atoms with Crippen LogP contribution in [0.2, 0.25) is 0 Å². The second-order valence-electron chi connectivity index (χ2n) is 7.31. The van der Waals surface area contributed by atoms with Crippen molar-refractivity contribution < 1.29 is 9.59 Å². The number of amides is 2. The van der Waals surface area contributed by atoms with E-state index in [4.69, 9.17) is 5.73 Å². The third-order valence-corrected chi connectivity index (χ3v) is 5.29. The summed E-state index contributed by atoms with van der Waals surface area (Å²) in [5.41, 5.74) is 11.2. The van der Waals surface area contributed by atoms with Gasteiger partial charge in [-0.25, -0.2) is 0 Å². The minimum absolute atomic E-state index is 0.170. The molecule has 3 aromatic carbocycles. The number of rotatable bonds is 7. The molecule has 5 heteroatoms. The molecule has 3 N–H and O–H groups in total. The van der Waals surface area contributed by atoms with Gasteiger partial charge in [-0.15, -0.1) is 0 Å². The maximum absolute atomic E-state index is 12.9. The van der Waals surface area contributed by atoms with Gasteiger partial charge in [-0.1, -0.05) is 66.7 Å². The van der Waals surface area contributed by atoms with Crippen LogP contribution in [0.4, 0.5) is 0 Å². The van der Waals surface area contributed by atoms with Gasteiger partial charge in [0.15, 0.2) is 0 Å². The number of carbonyl (C=O) groups excluding carboxylic acids is 2. The molecule has 0 atom stereocenters. The van der Waals surface area contributed by atoms with Crippen molar-refractivity contribution in [3.8, 4) is 0 Å². The van der Waals surface area contributed by atoms with Crippen molar-refractivity contribution in [2.24, 2.45) is 10.7 Å². The van der Waals surface area contributed by atoms with Crippen LogP contribution in [0.1, 0.15) is 37.4 Å². The maximum Gasteiger partial charge on any atom is 0.251 e. The predicted octanol–water partition coefficient (Wildman–Crippen LogP) is 3.64. The number of nitrogens with two attached hydrogens (primary N) is 1. The Kier molecular flexibility index (Phi) is 6.03. The summed E-state index contributed by atoms with van der Waals surface area (Å²) in [6, 6.07) is 24.8. The monoisotopic (exact) mass is 409 g/mol. The molecule has 0 aliphatic carbocycles. The van der Waals surface area contributed by atoms with Gasteiger partial charge in [-0.2, -0.15) is 0 Å². The number of allylic oxidation sites excluding steroid dienone is 1. The molecule has 0 fully saturated rings. The number of hydrogen-bond acceptors (Lipinski definition) is 3. The number of nitrogens with zero attached hydrogens (tertiary/aromatic N) is 1. The summed E-state index contributed by atoms with van der Waals surface area (Å²) in [6.07, 6.45) is 2.57. The van der Waals surface area contributed by atoms with Crippen molar-refractivity contribution in [3.05, 3.63) is 113 Å². The third kappa shape index (κ3) is 4.61. The Labute approximate surface area is 181 Å². The SMILES string of the molecule is NC(=O)c1ccccc1CCNC(=O)c1ccccc1C1=NCC(c2ccccc2)=C1. The standard InChI is InChI=1S/C26H23N3O2/c27-25(30)21-11-5-4-10-19(21)14-15-28-26(31)23-13-7-6-12-22(23)24-16-20(17-29-24)18-8-2-1-3-9-18/h1-13,16H,14-15,17H2,(H2,27,30)(H,28,31). The van der Waals surface area contributed by atoms with E-state index in [0.717, 1.165) is 28.0 Å². The van der Waals surface area contributed by atoms with Crippen molar-refractivity contribution in [2.75, 3.05) is 13.1 Å². The largest absolute Gasteiger partial charge is 0.366 e. The number of nitrogens with one attached hydrogen (secondary N) is 1. The van der Waals surface area contributed by atoms with Gasteiger partial charge in [0.1, 0.15) is 0 Å². The van der Waals surface area contributed by atoms with Crippen LogP contribution in [0, 0.1) is 0 Å². The molecule has 1 aliphatic rings. The summed E-state index contributed by atoms with van der Waals surface area (Å²) in [6.45, 7) is 0.994. The highest BCUT2D eigenvalue weighted by Crippen LogP contribution is 2.23. The van der Waals surface area contributed by atoms with Crippen LogP contribution in [0.5, 0.6) is 0 Å². The van der Waals surface area contributed by atoms with E-state index < -0.39 is 5.91 Å². The van der Waals surface area contributed by atoms with E-state index in [0.29, 0.717) is 30.6 Å². The minimum atomic E-state index is -0.465. The Bertz CT molecular complexity index is 1180. The van der Waals surface area contributed by atoms with Gasteiger partial charge < -0.3 is 11.1 Å². The molecule has 0 unspecified atom stereocenters. The molecule has 0 aromatic heterocycles. The minimum Gasteiger partial charge on any atom is -0.366 e. The summed E-state index contributed by atoms with van der Waals surface area (Å²) >= 11 is 0. The van der Waals surface area contributed by atoms with Crippen LogP contribution >= 0.6 is 0 Å². The highest BCUT2D eigenvalue weighted by molar-refractivity contribution is 6.19. The highest BCUT2D eigenvalue weighted by Gasteiger charge is 2.18. The molecule has 1 aliphatic heterocycles. The lowest BCUT2D eigenvalue weighted by Gasteiger charge is -2.11. The number of primary amides is 1. The molecule has 31 heavy (non-hydrogen) atoms. The molecule has 0 radical (unpaired) electrons. The molecule has 4 rings (SSSR count). The first-order chi connectivity index (χ1) is 15.1. The molecule has 1 heterocycles. The quantitative estimate of drug-likeness (QED) is 0.624. The fraction of sp³-hybridized carbons (Fsp3) is 0.115. The third-order valence-electron chi connectivity index (χ3n) is 5.29. The summed E-state index contributed by atoms with van der Waals surface area (Å²) in [5.74, 6) is -0.635. The average Bonchev–Trinajstić information content (AvgIpc) is 3.30. The number of aliphatic imine (C=N–C) groups is 1. The first kappa shape index (κ1) is 20.3. The zero-order valence-electron chi connectivity index (χ0n) is 17.0. The van der Waals surface area contributed by atoms with E-state index in [9.17, 15) is 9.59 Å². The number of carbonyl (C=O) groups is 2. The fourth-order valence-electron chi connectivity index (χ4n) is 3.71. The first-order valence-corrected chi connectivity index (χ1v) is 10.2. The first-order valence-electron chi connectivity index (χ1n) is 10.2. The summed E-state index contributed by atoms with van der Waals surface area (Å²) in [4.78, 5) is 29.1. The van der Waals surface area contributed by atoms with Crippen LogP contribution in [0.25, 0.3) is 5.57 Å². The second kappa shape index (κ2) is 9.22. The van der Waals surface area contributed by atoms with E-state index in [-0.39, 0.29) is 5.91 Å². The fourth-order valence-corrected chi connectivity index (χ4v) is 3.71. The van der Waals surface area contributed by atoms with Gasteiger partial charge in [0.2, 0.25) is 5.91 Å². The Hall–Kier alpha value is -3.99. The topological polar surface area (TPSA) is 84.5 Å². The molecule has 5 nitrogen and oxygen atoms in total. The second-order valence-corrected chi connectivity index (χ2v) is 7.31. The Morgan fingerprint density at radius 2 is 1.55 bits per heavy atom. The van der Waals surface area contributed by atoms with Crippen LogP contribution < -0.4 is 11.1 Å². The Balaban J connectivity index is 1.47. The zero-order chi connectivity index (χ0) is 21.6. The van der Waals surface area contributed by atoms with Crippen LogP contribution in [0.3, 0.4) is 0 Å². The van der Waals surface area contributed by atoms with Gasteiger partial charge in [0.25, 0.3) is 5.91 Å². The molecular weight excluding hydrogens is 386 g/mol. The predicted molar refractivity (Wildman–Crippen MR) is 123 cm³/mol. The van der Waals surface area contributed by atoms with Crippen molar-refractivity contribution >= 4 is 23.1 Å². The number of hydrogen-bond donors (Lipinski definition) is 2. The van der Waals surface area contributed by atoms with Gasteiger partial charge >= 0.3 is 0 Å². The smallest absolute Gasteiger partial charge is 0.251 e. The molecule has 2 amide bonds. The van der Waals surface area contributed by atoms with Crippen molar-refractivity contribution in [2.45, 2.75) is 6.42 Å². The van der Waals surface area contributed by atoms with Crippen LogP contribution in [-0.4, -0.2) is 30.6 Å². The van der Waals surface area contributed by atoms with E-state index in [1.54, 1.807) is 18.2 Å². The van der Waals surface area contributed by atoms with Crippen LogP contribution in [0.15, 0.2) is 89.9 Å². The maximum atomic E-state index is 12.9. The molecule has 0 spiro atoms. The summed E-state index contributed by atoms with van der Waals surface area (Å²) < 4.78 is 0. The van der Waals surface area contributed by atoms with Gasteiger partial charge in [-0.3, -0.25) is 14.6 Å². The lowest BCUT2D eigenvalue weighted by atomic mass is 10.00. The molecule has 0 saturated carbocycles. The van der Waals surface area contributed by atoms with E-state index >= 15 is 0 Å². The lowest BCUT2D eigenvalue weighted by Crippen LogP contribution is -2.28. The Morgan fingerprint density at radius 3 is 2.32 bits per heavy atom.